The van der Waals surface area contributed by atoms with Crippen molar-refractivity contribution in [3.63, 3.8) is 0 Å². The van der Waals surface area contributed by atoms with E-state index in [-0.39, 0.29) is 12.0 Å². The van der Waals surface area contributed by atoms with Crippen molar-refractivity contribution < 1.29 is 13.5 Å². The Bertz CT molecular complexity index is 422. The van der Waals surface area contributed by atoms with Crippen LogP contribution >= 0.6 is 0 Å². The summed E-state index contributed by atoms with van der Waals surface area (Å²) < 4.78 is 29.4. The minimum absolute atomic E-state index is 0.0718. The molecule has 0 aromatic heterocycles. The van der Waals surface area contributed by atoms with E-state index in [1.165, 1.54) is 6.42 Å². The normalized spacial score (nSPS) is 31.2. The Hall–Kier alpha value is -0.170. The molecule has 0 aromatic rings. The maximum atomic E-state index is 12.5. The van der Waals surface area contributed by atoms with Crippen LogP contribution in [-0.2, 0) is 10.2 Å². The Labute approximate surface area is 129 Å². The second-order valence-electron chi connectivity index (χ2n) is 7.31. The van der Waals surface area contributed by atoms with Crippen molar-refractivity contribution >= 4 is 10.2 Å². The molecule has 6 heteroatoms. The highest BCUT2D eigenvalue weighted by atomic mass is 32.2. The molecule has 2 N–H and O–H groups in total. The highest BCUT2D eigenvalue weighted by molar-refractivity contribution is 7.87. The van der Waals surface area contributed by atoms with Crippen molar-refractivity contribution in [3.8, 4) is 0 Å². The maximum Gasteiger partial charge on any atom is 0.279 e. The van der Waals surface area contributed by atoms with Gasteiger partial charge in [-0.1, -0.05) is 33.1 Å². The lowest BCUT2D eigenvalue weighted by atomic mass is 9.75. The quantitative estimate of drug-likeness (QED) is 0.811. The van der Waals surface area contributed by atoms with Gasteiger partial charge in [-0.3, -0.25) is 0 Å². The first-order valence-corrected chi connectivity index (χ1v) is 9.66. The van der Waals surface area contributed by atoms with Gasteiger partial charge in [0.05, 0.1) is 0 Å². The Morgan fingerprint density at radius 3 is 2.24 bits per heavy atom. The van der Waals surface area contributed by atoms with Gasteiger partial charge in [0.25, 0.3) is 10.2 Å². The summed E-state index contributed by atoms with van der Waals surface area (Å²) in [6.45, 7) is 5.86. The molecule has 5 nitrogen and oxygen atoms in total. The summed E-state index contributed by atoms with van der Waals surface area (Å²) in [6, 6.07) is 0. The van der Waals surface area contributed by atoms with Gasteiger partial charge in [-0.15, -0.1) is 0 Å². The van der Waals surface area contributed by atoms with Crippen molar-refractivity contribution in [3.05, 3.63) is 0 Å². The average Bonchev–Trinajstić information content (AvgIpc) is 2.45. The number of aliphatic hydroxyl groups is 1. The second kappa shape index (κ2) is 6.94. The first kappa shape index (κ1) is 17.2. The summed E-state index contributed by atoms with van der Waals surface area (Å²) in [5.41, 5.74) is -0.252. The number of hydrogen-bond acceptors (Lipinski definition) is 3. The molecule has 0 spiro atoms. The predicted octanol–water partition coefficient (Wildman–Crippen LogP) is 1.74. The van der Waals surface area contributed by atoms with Crippen LogP contribution in [0.3, 0.4) is 0 Å². The van der Waals surface area contributed by atoms with Crippen molar-refractivity contribution in [2.75, 3.05) is 26.2 Å². The van der Waals surface area contributed by atoms with Crippen molar-refractivity contribution in [1.29, 1.82) is 0 Å². The maximum absolute atomic E-state index is 12.5. The molecule has 21 heavy (non-hydrogen) atoms. The van der Waals surface area contributed by atoms with Crippen LogP contribution in [0.15, 0.2) is 0 Å². The number of hydrogen-bond donors (Lipinski definition) is 2. The number of nitrogens with zero attached hydrogens (tertiary/aromatic N) is 1. The van der Waals surface area contributed by atoms with Gasteiger partial charge < -0.3 is 5.11 Å². The third-order valence-corrected chi connectivity index (χ3v) is 6.54. The molecule has 1 saturated heterocycles. The Balaban J connectivity index is 1.97. The minimum atomic E-state index is -3.42. The monoisotopic (exact) mass is 318 g/mol. The zero-order valence-electron chi connectivity index (χ0n) is 13.3. The van der Waals surface area contributed by atoms with E-state index in [1.807, 2.05) is 0 Å². The van der Waals surface area contributed by atoms with Gasteiger partial charge in [0.15, 0.2) is 0 Å². The van der Waals surface area contributed by atoms with Crippen LogP contribution in [0, 0.1) is 17.3 Å². The van der Waals surface area contributed by atoms with Crippen LogP contribution < -0.4 is 4.72 Å². The number of aliphatic hydroxyl groups excluding tert-OH is 1. The van der Waals surface area contributed by atoms with Gasteiger partial charge in [0.1, 0.15) is 0 Å². The largest absolute Gasteiger partial charge is 0.396 e. The minimum Gasteiger partial charge on any atom is -0.396 e. The Morgan fingerprint density at radius 2 is 1.71 bits per heavy atom. The summed E-state index contributed by atoms with van der Waals surface area (Å²) in [5.74, 6) is 0.818. The van der Waals surface area contributed by atoms with Gasteiger partial charge >= 0.3 is 0 Å². The molecule has 124 valence electrons. The average molecular weight is 318 g/mol. The lowest BCUT2D eigenvalue weighted by Gasteiger charge is -2.38. The molecule has 2 aliphatic rings. The summed E-state index contributed by atoms with van der Waals surface area (Å²) in [5, 5.41) is 9.68. The molecular weight excluding hydrogens is 288 g/mol. The van der Waals surface area contributed by atoms with Crippen LogP contribution in [0.4, 0.5) is 0 Å². The molecule has 0 bridgehead atoms. The lowest BCUT2D eigenvalue weighted by Crippen LogP contribution is -2.51. The molecule has 0 radical (unpaired) electrons. The van der Waals surface area contributed by atoms with Crippen LogP contribution in [0.5, 0.6) is 0 Å². The fourth-order valence-electron chi connectivity index (χ4n) is 3.83. The highest BCUT2D eigenvalue weighted by Crippen LogP contribution is 2.35. The van der Waals surface area contributed by atoms with Crippen LogP contribution in [0.25, 0.3) is 0 Å². The smallest absolute Gasteiger partial charge is 0.279 e. The standard InChI is InChI=1S/C15H30N2O3S/c1-13-8-14(2)10-17(9-13)21(19,20)16-11-15(12-18)6-4-3-5-7-15/h13-14,16,18H,3-12H2,1-2H3. The van der Waals surface area contributed by atoms with Gasteiger partial charge in [0, 0.05) is 31.7 Å². The fraction of sp³-hybridized carbons (Fsp3) is 1.00. The summed E-state index contributed by atoms with van der Waals surface area (Å²) in [7, 11) is -3.42. The second-order valence-corrected chi connectivity index (χ2v) is 9.06. The SMILES string of the molecule is CC1CC(C)CN(S(=O)(=O)NCC2(CO)CCCCC2)C1. The number of piperidine rings is 1. The van der Waals surface area contributed by atoms with E-state index in [0.29, 0.717) is 31.5 Å². The van der Waals surface area contributed by atoms with Gasteiger partial charge in [-0.2, -0.15) is 12.7 Å². The van der Waals surface area contributed by atoms with E-state index in [4.69, 9.17) is 0 Å². The molecule has 2 fully saturated rings. The van der Waals surface area contributed by atoms with Crippen LogP contribution in [0.2, 0.25) is 0 Å². The molecule has 1 aliphatic carbocycles. The highest BCUT2D eigenvalue weighted by Gasteiger charge is 2.35. The Kier molecular flexibility index (Phi) is 5.68. The fourth-order valence-corrected chi connectivity index (χ4v) is 5.40. The molecule has 0 amide bonds. The van der Waals surface area contributed by atoms with E-state index < -0.39 is 10.2 Å². The molecule has 2 unspecified atom stereocenters. The molecule has 1 saturated carbocycles. The van der Waals surface area contributed by atoms with Crippen molar-refractivity contribution in [1.82, 2.24) is 9.03 Å². The van der Waals surface area contributed by atoms with Crippen molar-refractivity contribution in [2.45, 2.75) is 52.4 Å². The molecule has 2 atom stereocenters. The number of rotatable bonds is 5. The van der Waals surface area contributed by atoms with Crippen LogP contribution in [0.1, 0.15) is 52.4 Å². The van der Waals surface area contributed by atoms with E-state index in [1.54, 1.807) is 4.31 Å². The molecule has 2 rings (SSSR count). The van der Waals surface area contributed by atoms with E-state index in [2.05, 4.69) is 18.6 Å². The first-order valence-electron chi connectivity index (χ1n) is 8.22. The topological polar surface area (TPSA) is 69.6 Å². The van der Waals surface area contributed by atoms with E-state index >= 15 is 0 Å². The van der Waals surface area contributed by atoms with Crippen molar-refractivity contribution in [2.24, 2.45) is 17.3 Å². The van der Waals surface area contributed by atoms with Gasteiger partial charge in [-0.25, -0.2) is 4.72 Å². The lowest BCUT2D eigenvalue weighted by molar-refractivity contribution is 0.0859. The van der Waals surface area contributed by atoms with E-state index in [0.717, 1.165) is 32.1 Å². The first-order chi connectivity index (χ1) is 9.87. The third kappa shape index (κ3) is 4.41. The third-order valence-electron chi connectivity index (χ3n) is 5.05. The molecular formula is C15H30N2O3S. The zero-order chi connectivity index (χ0) is 15.5. The summed E-state index contributed by atoms with van der Waals surface area (Å²) in [6.07, 6.45) is 6.28. The molecule has 1 heterocycles. The summed E-state index contributed by atoms with van der Waals surface area (Å²) in [4.78, 5) is 0. The summed E-state index contributed by atoms with van der Waals surface area (Å²) >= 11 is 0. The zero-order valence-corrected chi connectivity index (χ0v) is 14.2. The van der Waals surface area contributed by atoms with Crippen LogP contribution in [-0.4, -0.2) is 44.1 Å². The Morgan fingerprint density at radius 1 is 1.14 bits per heavy atom. The van der Waals surface area contributed by atoms with E-state index in [9.17, 15) is 13.5 Å². The predicted molar refractivity (Wildman–Crippen MR) is 84.0 cm³/mol. The molecule has 0 aromatic carbocycles. The van der Waals surface area contributed by atoms with Gasteiger partial charge in [0.2, 0.25) is 0 Å². The molecule has 1 aliphatic heterocycles. The van der Waals surface area contributed by atoms with Gasteiger partial charge in [-0.05, 0) is 31.1 Å². The number of nitrogens with one attached hydrogen (secondary N) is 1.